The normalized spacial score (nSPS) is 18.4. The highest BCUT2D eigenvalue weighted by Crippen LogP contribution is 2.26. The first-order valence-electron chi connectivity index (χ1n) is 8.17. The molecule has 1 saturated heterocycles. The second-order valence-electron chi connectivity index (χ2n) is 8.01. The van der Waals surface area contributed by atoms with Crippen LogP contribution in [0.1, 0.15) is 60.8 Å². The quantitative estimate of drug-likeness (QED) is 0.771. The summed E-state index contributed by atoms with van der Waals surface area (Å²) in [4.78, 5) is 16.8. The fourth-order valence-electron chi connectivity index (χ4n) is 2.61. The van der Waals surface area contributed by atoms with E-state index in [-0.39, 0.29) is 5.41 Å². The molecule has 0 bridgehead atoms. The van der Waals surface area contributed by atoms with Crippen LogP contribution in [-0.2, 0) is 4.79 Å². The van der Waals surface area contributed by atoms with Crippen molar-refractivity contribution in [1.29, 1.82) is 0 Å². The van der Waals surface area contributed by atoms with Crippen LogP contribution in [0.25, 0.3) is 0 Å². The van der Waals surface area contributed by atoms with Gasteiger partial charge in [0.2, 0.25) is 5.91 Å². The van der Waals surface area contributed by atoms with Crippen LogP contribution in [0.3, 0.4) is 0 Å². The van der Waals surface area contributed by atoms with Crippen molar-refractivity contribution in [1.82, 2.24) is 9.80 Å². The van der Waals surface area contributed by atoms with E-state index in [9.17, 15) is 4.79 Å². The molecule has 0 aliphatic carbocycles. The number of hydrogen-bond donors (Lipinski definition) is 0. The lowest BCUT2D eigenvalue weighted by atomic mass is 9.85. The van der Waals surface area contributed by atoms with Crippen LogP contribution >= 0.6 is 0 Å². The molecule has 3 heteroatoms. The smallest absolute Gasteiger partial charge is 0.228 e. The highest BCUT2D eigenvalue weighted by atomic mass is 16.2. The number of piperazine rings is 1. The largest absolute Gasteiger partial charge is 0.340 e. The number of amides is 1. The van der Waals surface area contributed by atoms with Crippen molar-refractivity contribution in [2.45, 2.75) is 60.8 Å². The summed E-state index contributed by atoms with van der Waals surface area (Å²) in [5, 5.41) is 0. The topological polar surface area (TPSA) is 23.6 Å². The van der Waals surface area contributed by atoms with Crippen LogP contribution < -0.4 is 0 Å². The Kier molecular flexibility index (Phi) is 6.06. The zero-order chi connectivity index (χ0) is 15.4. The molecule has 0 atom stereocenters. The minimum absolute atomic E-state index is 0.243. The van der Waals surface area contributed by atoms with Crippen molar-refractivity contribution >= 4 is 5.91 Å². The minimum Gasteiger partial charge on any atom is -0.340 e. The average molecular weight is 282 g/mol. The molecule has 0 radical (unpaired) electrons. The minimum atomic E-state index is -0.243. The number of carbonyl (C=O) groups excluding carboxylic acids is 1. The van der Waals surface area contributed by atoms with Crippen molar-refractivity contribution in [2.24, 2.45) is 10.8 Å². The third-order valence-corrected chi connectivity index (χ3v) is 4.59. The highest BCUT2D eigenvalue weighted by molar-refractivity contribution is 5.81. The molecule has 118 valence electrons. The van der Waals surface area contributed by atoms with Crippen LogP contribution in [-0.4, -0.2) is 48.4 Å². The van der Waals surface area contributed by atoms with E-state index in [0.29, 0.717) is 11.3 Å². The van der Waals surface area contributed by atoms with E-state index in [1.807, 2.05) is 25.7 Å². The molecule has 1 rings (SSSR count). The summed E-state index contributed by atoms with van der Waals surface area (Å²) in [6.45, 7) is 18.1. The third-order valence-electron chi connectivity index (χ3n) is 4.59. The van der Waals surface area contributed by atoms with E-state index >= 15 is 0 Å². The summed E-state index contributed by atoms with van der Waals surface area (Å²) < 4.78 is 0. The Hall–Kier alpha value is -0.570. The molecule has 0 spiro atoms. The number of carbonyl (C=O) groups is 1. The van der Waals surface area contributed by atoms with E-state index < -0.39 is 0 Å². The van der Waals surface area contributed by atoms with Crippen LogP contribution in [0.4, 0.5) is 0 Å². The van der Waals surface area contributed by atoms with E-state index in [1.54, 1.807) is 0 Å². The average Bonchev–Trinajstić information content (AvgIpc) is 2.37. The molecule has 1 heterocycles. The van der Waals surface area contributed by atoms with Gasteiger partial charge in [0.1, 0.15) is 0 Å². The van der Waals surface area contributed by atoms with Gasteiger partial charge in [0.25, 0.3) is 0 Å². The van der Waals surface area contributed by atoms with E-state index in [2.05, 4.69) is 25.7 Å². The molecule has 0 aromatic rings. The second kappa shape index (κ2) is 6.93. The maximum Gasteiger partial charge on any atom is 0.228 e. The molecule has 0 unspecified atom stereocenters. The van der Waals surface area contributed by atoms with Gasteiger partial charge in [0.05, 0.1) is 0 Å². The van der Waals surface area contributed by atoms with Gasteiger partial charge < -0.3 is 4.90 Å². The lowest BCUT2D eigenvalue weighted by Gasteiger charge is -2.38. The predicted molar refractivity (Wildman–Crippen MR) is 85.8 cm³/mol. The molecule has 1 aliphatic heterocycles. The van der Waals surface area contributed by atoms with Gasteiger partial charge in [0.15, 0.2) is 0 Å². The first kappa shape index (κ1) is 17.5. The Balaban J connectivity index is 2.28. The van der Waals surface area contributed by atoms with Crippen molar-refractivity contribution < 1.29 is 4.79 Å². The van der Waals surface area contributed by atoms with Crippen LogP contribution in [0.5, 0.6) is 0 Å². The lowest BCUT2D eigenvalue weighted by molar-refractivity contribution is -0.141. The Bertz CT molecular complexity index is 309. The van der Waals surface area contributed by atoms with Crippen LogP contribution in [0, 0.1) is 10.8 Å². The zero-order valence-electron chi connectivity index (χ0n) is 14.5. The molecule has 3 nitrogen and oxygen atoms in total. The lowest BCUT2D eigenvalue weighted by Crippen LogP contribution is -2.51. The SMILES string of the molecule is CCC(C)(C)CCCN1CCN(C(=O)C(C)(C)C)CC1. The first-order valence-corrected chi connectivity index (χ1v) is 8.17. The van der Waals surface area contributed by atoms with Gasteiger partial charge in [-0.1, -0.05) is 48.0 Å². The van der Waals surface area contributed by atoms with Gasteiger partial charge in [-0.15, -0.1) is 0 Å². The van der Waals surface area contributed by atoms with Gasteiger partial charge in [-0.25, -0.2) is 0 Å². The zero-order valence-corrected chi connectivity index (χ0v) is 14.5. The van der Waals surface area contributed by atoms with Gasteiger partial charge in [-0.05, 0) is 24.8 Å². The molecule has 0 N–H and O–H groups in total. The summed E-state index contributed by atoms with van der Waals surface area (Å²) in [7, 11) is 0. The summed E-state index contributed by atoms with van der Waals surface area (Å²) in [5.41, 5.74) is 0.233. The first-order chi connectivity index (χ1) is 9.15. The molecule has 1 fully saturated rings. The third kappa shape index (κ3) is 5.43. The van der Waals surface area contributed by atoms with Gasteiger partial charge in [-0.3, -0.25) is 9.69 Å². The molecule has 1 aliphatic rings. The van der Waals surface area contributed by atoms with Crippen LogP contribution in [0.15, 0.2) is 0 Å². The maximum atomic E-state index is 12.2. The molecular weight excluding hydrogens is 248 g/mol. The van der Waals surface area contributed by atoms with Gasteiger partial charge in [-0.2, -0.15) is 0 Å². The molecule has 0 aromatic heterocycles. The fraction of sp³-hybridized carbons (Fsp3) is 0.941. The highest BCUT2D eigenvalue weighted by Gasteiger charge is 2.29. The van der Waals surface area contributed by atoms with Gasteiger partial charge >= 0.3 is 0 Å². The van der Waals surface area contributed by atoms with Crippen molar-refractivity contribution in [3.8, 4) is 0 Å². The molecule has 0 aromatic carbocycles. The molecular formula is C17H34N2O. The van der Waals surface area contributed by atoms with Crippen molar-refractivity contribution in [2.75, 3.05) is 32.7 Å². The fourth-order valence-corrected chi connectivity index (χ4v) is 2.61. The number of nitrogens with zero attached hydrogens (tertiary/aromatic N) is 2. The Morgan fingerprint density at radius 1 is 1.00 bits per heavy atom. The van der Waals surface area contributed by atoms with Crippen LogP contribution in [0.2, 0.25) is 0 Å². The predicted octanol–water partition coefficient (Wildman–Crippen LogP) is 3.39. The Morgan fingerprint density at radius 2 is 1.55 bits per heavy atom. The molecule has 20 heavy (non-hydrogen) atoms. The second-order valence-corrected chi connectivity index (χ2v) is 8.01. The maximum absolute atomic E-state index is 12.2. The number of hydrogen-bond acceptors (Lipinski definition) is 2. The Morgan fingerprint density at radius 3 is 2.00 bits per heavy atom. The van der Waals surface area contributed by atoms with Crippen molar-refractivity contribution in [3.63, 3.8) is 0 Å². The summed E-state index contributed by atoms with van der Waals surface area (Å²) in [5.74, 6) is 0.296. The summed E-state index contributed by atoms with van der Waals surface area (Å²) in [6.07, 6.45) is 3.82. The monoisotopic (exact) mass is 282 g/mol. The number of rotatable bonds is 5. The van der Waals surface area contributed by atoms with E-state index in [1.165, 1.54) is 25.8 Å². The Labute approximate surface area is 125 Å². The molecule has 1 amide bonds. The standard InChI is InChI=1S/C17H34N2O/c1-7-17(5,6)9-8-10-18-11-13-19(14-12-18)15(20)16(2,3)4/h7-14H2,1-6H3. The van der Waals surface area contributed by atoms with Crippen molar-refractivity contribution in [3.05, 3.63) is 0 Å². The van der Waals surface area contributed by atoms with E-state index in [0.717, 1.165) is 26.2 Å². The van der Waals surface area contributed by atoms with E-state index in [4.69, 9.17) is 0 Å². The molecule has 0 saturated carbocycles. The summed E-state index contributed by atoms with van der Waals surface area (Å²) >= 11 is 0. The summed E-state index contributed by atoms with van der Waals surface area (Å²) in [6, 6.07) is 0. The van der Waals surface area contributed by atoms with Gasteiger partial charge in [0, 0.05) is 31.6 Å².